The Balaban J connectivity index is 2.78. The van der Waals surface area contributed by atoms with Crippen LogP contribution in [0.4, 0.5) is 10.5 Å². The van der Waals surface area contributed by atoms with Gasteiger partial charge in [-0.25, -0.2) is 4.79 Å². The van der Waals surface area contributed by atoms with Gasteiger partial charge < -0.3 is 16.4 Å². The van der Waals surface area contributed by atoms with E-state index in [9.17, 15) is 9.59 Å². The molecule has 0 radical (unpaired) electrons. The van der Waals surface area contributed by atoms with Crippen molar-refractivity contribution in [2.45, 2.75) is 40.2 Å². The first-order valence-electron chi connectivity index (χ1n) is 6.73. The number of primary amides is 1. The topological polar surface area (TPSA) is 84.2 Å². The fourth-order valence-corrected chi connectivity index (χ4v) is 1.92. The average Bonchev–Trinajstić information content (AvgIpc) is 2.32. The minimum absolute atomic E-state index is 0.249. The maximum Gasteiger partial charge on any atom is 0.312 e. The summed E-state index contributed by atoms with van der Waals surface area (Å²) in [6, 6.07) is 4.39. The van der Waals surface area contributed by atoms with E-state index in [1.54, 1.807) is 0 Å². The molecule has 0 bridgehead atoms. The molecule has 1 unspecified atom stereocenters. The van der Waals surface area contributed by atoms with Crippen LogP contribution >= 0.6 is 0 Å². The largest absolute Gasteiger partial charge is 0.352 e. The fraction of sp³-hybridized carbons (Fsp3) is 0.467. The second kappa shape index (κ2) is 6.93. The molecule has 5 nitrogen and oxygen atoms in total. The summed E-state index contributed by atoms with van der Waals surface area (Å²) in [6.45, 7) is 7.97. The van der Waals surface area contributed by atoms with Crippen LogP contribution in [0.15, 0.2) is 18.2 Å². The number of aryl methyl sites for hydroxylation is 2. The average molecular weight is 277 g/mol. The van der Waals surface area contributed by atoms with E-state index in [1.165, 1.54) is 0 Å². The Hall–Kier alpha value is -2.04. The molecular formula is C15H23N3O2. The van der Waals surface area contributed by atoms with Crippen molar-refractivity contribution in [2.24, 2.45) is 11.7 Å². The molecule has 5 heteroatoms. The number of nitrogens with two attached hydrogens (primary N) is 1. The number of carbonyl (C=O) groups excluding carboxylic acids is 2. The van der Waals surface area contributed by atoms with Crippen LogP contribution in [0.2, 0.25) is 0 Å². The van der Waals surface area contributed by atoms with Crippen molar-refractivity contribution < 1.29 is 9.59 Å². The molecule has 1 rings (SSSR count). The Bertz CT molecular complexity index is 498. The molecule has 1 atom stereocenters. The number of rotatable bonds is 5. The Labute approximate surface area is 119 Å². The van der Waals surface area contributed by atoms with E-state index in [2.05, 4.69) is 10.6 Å². The Morgan fingerprint density at radius 2 is 1.85 bits per heavy atom. The van der Waals surface area contributed by atoms with E-state index in [4.69, 9.17) is 5.73 Å². The molecule has 0 aliphatic heterocycles. The van der Waals surface area contributed by atoms with Crippen molar-refractivity contribution in [3.05, 3.63) is 29.3 Å². The van der Waals surface area contributed by atoms with Crippen molar-refractivity contribution in [3.8, 4) is 0 Å². The van der Waals surface area contributed by atoms with E-state index in [0.29, 0.717) is 6.42 Å². The zero-order chi connectivity index (χ0) is 15.3. The highest BCUT2D eigenvalue weighted by Crippen LogP contribution is 2.15. The maximum atomic E-state index is 12.2. The van der Waals surface area contributed by atoms with Crippen LogP contribution in [0, 0.1) is 19.8 Å². The molecule has 110 valence electrons. The molecule has 4 N–H and O–H groups in total. The summed E-state index contributed by atoms with van der Waals surface area (Å²) in [5.41, 5.74) is 8.10. The lowest BCUT2D eigenvalue weighted by atomic mass is 10.0. The fourth-order valence-electron chi connectivity index (χ4n) is 1.92. The smallest absolute Gasteiger partial charge is 0.312 e. The van der Waals surface area contributed by atoms with Crippen LogP contribution in [0.1, 0.15) is 31.4 Å². The highest BCUT2D eigenvalue weighted by molar-refractivity contribution is 5.96. The summed E-state index contributed by atoms with van der Waals surface area (Å²) in [6.07, 6.45) is 0.541. The van der Waals surface area contributed by atoms with Crippen molar-refractivity contribution in [2.75, 3.05) is 5.32 Å². The first-order valence-corrected chi connectivity index (χ1v) is 6.73. The number of hydrogen-bond donors (Lipinski definition) is 3. The third kappa shape index (κ3) is 4.91. The van der Waals surface area contributed by atoms with Crippen LogP contribution in [0.3, 0.4) is 0 Å². The van der Waals surface area contributed by atoms with Gasteiger partial charge in [0.1, 0.15) is 6.04 Å². The van der Waals surface area contributed by atoms with Gasteiger partial charge in [0.15, 0.2) is 0 Å². The Morgan fingerprint density at radius 3 is 2.35 bits per heavy atom. The van der Waals surface area contributed by atoms with Crippen LogP contribution in [-0.4, -0.2) is 18.0 Å². The molecule has 0 fully saturated rings. The van der Waals surface area contributed by atoms with Gasteiger partial charge in [-0.3, -0.25) is 4.79 Å². The van der Waals surface area contributed by atoms with Crippen LogP contribution in [-0.2, 0) is 4.79 Å². The number of amides is 3. The molecule has 0 aromatic heterocycles. The highest BCUT2D eigenvalue weighted by atomic mass is 16.2. The van der Waals surface area contributed by atoms with E-state index >= 15 is 0 Å². The normalized spacial score (nSPS) is 12.1. The number of carbonyl (C=O) groups is 2. The summed E-state index contributed by atoms with van der Waals surface area (Å²) in [5, 5.41) is 5.30. The van der Waals surface area contributed by atoms with E-state index < -0.39 is 12.1 Å². The van der Waals surface area contributed by atoms with Crippen LogP contribution < -0.4 is 16.4 Å². The molecule has 0 spiro atoms. The zero-order valence-corrected chi connectivity index (χ0v) is 12.5. The molecule has 0 aliphatic carbocycles. The minimum atomic E-state index is -0.689. The van der Waals surface area contributed by atoms with E-state index in [1.807, 2.05) is 45.9 Å². The van der Waals surface area contributed by atoms with Crippen molar-refractivity contribution in [1.82, 2.24) is 5.32 Å². The van der Waals surface area contributed by atoms with Gasteiger partial charge in [-0.05, 0) is 49.4 Å². The first kappa shape index (κ1) is 16.0. The van der Waals surface area contributed by atoms with Gasteiger partial charge >= 0.3 is 6.03 Å². The molecule has 3 amide bonds. The SMILES string of the molecule is Cc1ccc(NC(=O)C(CC(C)C)NC(N)=O)cc1C. The summed E-state index contributed by atoms with van der Waals surface area (Å²) in [7, 11) is 0. The molecule has 1 aromatic rings. The molecule has 0 saturated heterocycles. The monoisotopic (exact) mass is 277 g/mol. The van der Waals surface area contributed by atoms with Gasteiger partial charge in [-0.2, -0.15) is 0 Å². The first-order chi connectivity index (χ1) is 9.29. The predicted octanol–water partition coefficient (Wildman–Crippen LogP) is 2.32. The number of anilines is 1. The van der Waals surface area contributed by atoms with Crippen molar-refractivity contribution >= 4 is 17.6 Å². The summed E-state index contributed by atoms with van der Waals surface area (Å²) in [4.78, 5) is 23.2. The number of hydrogen-bond acceptors (Lipinski definition) is 2. The summed E-state index contributed by atoms with van der Waals surface area (Å²) >= 11 is 0. The van der Waals surface area contributed by atoms with Gasteiger partial charge in [0, 0.05) is 5.69 Å². The lowest BCUT2D eigenvalue weighted by Gasteiger charge is -2.19. The number of urea groups is 1. The molecule has 0 saturated carbocycles. The van der Waals surface area contributed by atoms with Gasteiger partial charge in [0.2, 0.25) is 5.91 Å². The van der Waals surface area contributed by atoms with Gasteiger partial charge in [-0.1, -0.05) is 19.9 Å². The van der Waals surface area contributed by atoms with Gasteiger partial charge in [0.05, 0.1) is 0 Å². The molecule has 0 heterocycles. The predicted molar refractivity (Wildman–Crippen MR) is 80.5 cm³/mol. The van der Waals surface area contributed by atoms with Gasteiger partial charge in [-0.15, -0.1) is 0 Å². The van der Waals surface area contributed by atoms with Crippen LogP contribution in [0.25, 0.3) is 0 Å². The third-order valence-corrected chi connectivity index (χ3v) is 3.11. The minimum Gasteiger partial charge on any atom is -0.352 e. The maximum absolute atomic E-state index is 12.2. The quantitative estimate of drug-likeness (QED) is 0.771. The molecular weight excluding hydrogens is 254 g/mol. The molecule has 0 aliphatic rings. The van der Waals surface area contributed by atoms with E-state index in [0.717, 1.165) is 16.8 Å². The lowest BCUT2D eigenvalue weighted by Crippen LogP contribution is -2.46. The van der Waals surface area contributed by atoms with Gasteiger partial charge in [0.25, 0.3) is 0 Å². The lowest BCUT2D eigenvalue weighted by molar-refractivity contribution is -0.118. The van der Waals surface area contributed by atoms with Crippen molar-refractivity contribution in [3.63, 3.8) is 0 Å². The standard InChI is InChI=1S/C15H23N3O2/c1-9(2)7-13(18-15(16)20)14(19)17-12-6-5-10(3)11(4)8-12/h5-6,8-9,13H,7H2,1-4H3,(H,17,19)(H3,16,18,20). The number of nitrogens with one attached hydrogen (secondary N) is 2. The van der Waals surface area contributed by atoms with Crippen LogP contribution in [0.5, 0.6) is 0 Å². The second-order valence-corrected chi connectivity index (χ2v) is 5.48. The summed E-state index contributed by atoms with van der Waals surface area (Å²) < 4.78 is 0. The van der Waals surface area contributed by atoms with Crippen molar-refractivity contribution in [1.29, 1.82) is 0 Å². The second-order valence-electron chi connectivity index (χ2n) is 5.48. The number of benzene rings is 1. The molecule has 1 aromatic carbocycles. The summed E-state index contributed by atoms with van der Waals surface area (Å²) in [5.74, 6) is 0.0260. The molecule has 20 heavy (non-hydrogen) atoms. The Kier molecular flexibility index (Phi) is 5.55. The zero-order valence-electron chi connectivity index (χ0n) is 12.5. The Morgan fingerprint density at radius 1 is 1.20 bits per heavy atom. The van der Waals surface area contributed by atoms with E-state index in [-0.39, 0.29) is 11.8 Å². The third-order valence-electron chi connectivity index (χ3n) is 3.11. The highest BCUT2D eigenvalue weighted by Gasteiger charge is 2.21.